The quantitative estimate of drug-likeness (QED) is 0.189. The van der Waals surface area contributed by atoms with E-state index in [9.17, 15) is 14.4 Å². The van der Waals surface area contributed by atoms with Crippen molar-refractivity contribution in [3.63, 3.8) is 0 Å². The molecule has 7 nitrogen and oxygen atoms in total. The minimum absolute atomic E-state index is 0.339. The lowest BCUT2D eigenvalue weighted by Gasteiger charge is -2.09. The number of carbonyl (C=O) groups excluding carboxylic acids is 3. The van der Waals surface area contributed by atoms with Crippen molar-refractivity contribution >= 4 is 40.8 Å². The van der Waals surface area contributed by atoms with Gasteiger partial charge in [-0.1, -0.05) is 35.4 Å². The summed E-state index contributed by atoms with van der Waals surface area (Å²) in [6.45, 7) is 5.46. The van der Waals surface area contributed by atoms with Crippen molar-refractivity contribution in [3.8, 4) is 5.75 Å². The van der Waals surface area contributed by atoms with Gasteiger partial charge in [0.25, 0.3) is 0 Å². The number of aryl methyl sites for hydroxylation is 2. The Kier molecular flexibility index (Phi) is 7.58. The second-order valence-corrected chi connectivity index (χ2v) is 7.77. The summed E-state index contributed by atoms with van der Waals surface area (Å²) in [5.74, 6) is -1.89. The molecule has 0 saturated carbocycles. The van der Waals surface area contributed by atoms with E-state index in [0.29, 0.717) is 33.3 Å². The van der Waals surface area contributed by atoms with Crippen molar-refractivity contribution in [1.29, 1.82) is 0 Å². The maximum absolute atomic E-state index is 12.2. The molecule has 168 valence electrons. The SMILES string of the molecule is CC(=NNC(=O)C(=O)Nc1ccc(C)cc1C)c1ccc(OC(=O)c2cccc(Cl)c2)cc1. The second-order valence-electron chi connectivity index (χ2n) is 7.33. The molecule has 3 aromatic carbocycles. The number of nitrogens with one attached hydrogen (secondary N) is 2. The number of ether oxygens (including phenoxy) is 1. The molecule has 0 radical (unpaired) electrons. The zero-order chi connectivity index (χ0) is 24.0. The van der Waals surface area contributed by atoms with E-state index in [1.54, 1.807) is 55.5 Å². The third kappa shape index (κ3) is 6.51. The first-order valence-electron chi connectivity index (χ1n) is 10.0. The zero-order valence-electron chi connectivity index (χ0n) is 18.3. The van der Waals surface area contributed by atoms with Gasteiger partial charge in [-0.3, -0.25) is 9.59 Å². The number of esters is 1. The Morgan fingerprint density at radius 1 is 0.879 bits per heavy atom. The number of hydrogen-bond donors (Lipinski definition) is 2. The summed E-state index contributed by atoms with van der Waals surface area (Å²) in [4.78, 5) is 36.4. The molecule has 0 spiro atoms. The smallest absolute Gasteiger partial charge is 0.343 e. The molecule has 3 aromatic rings. The van der Waals surface area contributed by atoms with Gasteiger partial charge in [-0.25, -0.2) is 10.2 Å². The first-order valence-corrected chi connectivity index (χ1v) is 10.4. The lowest BCUT2D eigenvalue weighted by Crippen LogP contribution is -2.33. The maximum Gasteiger partial charge on any atom is 0.343 e. The van der Waals surface area contributed by atoms with Crippen LogP contribution in [0.2, 0.25) is 5.02 Å². The Morgan fingerprint density at radius 3 is 2.27 bits per heavy atom. The maximum atomic E-state index is 12.2. The van der Waals surface area contributed by atoms with Crippen LogP contribution in [0.15, 0.2) is 71.8 Å². The first-order chi connectivity index (χ1) is 15.7. The lowest BCUT2D eigenvalue weighted by molar-refractivity contribution is -0.136. The predicted octanol–water partition coefficient (Wildman–Crippen LogP) is 4.65. The highest BCUT2D eigenvalue weighted by molar-refractivity contribution is 6.39. The third-order valence-electron chi connectivity index (χ3n) is 4.70. The minimum atomic E-state index is -0.888. The predicted molar refractivity (Wildman–Crippen MR) is 128 cm³/mol. The van der Waals surface area contributed by atoms with E-state index >= 15 is 0 Å². The summed E-state index contributed by atoms with van der Waals surface area (Å²) in [6.07, 6.45) is 0. The lowest BCUT2D eigenvalue weighted by atomic mass is 10.1. The molecule has 8 heteroatoms. The van der Waals surface area contributed by atoms with Gasteiger partial charge in [0.15, 0.2) is 0 Å². The molecule has 0 aliphatic carbocycles. The Morgan fingerprint density at radius 2 is 1.61 bits per heavy atom. The van der Waals surface area contributed by atoms with Crippen LogP contribution in [0.5, 0.6) is 5.75 Å². The molecule has 0 heterocycles. The highest BCUT2D eigenvalue weighted by Crippen LogP contribution is 2.17. The van der Waals surface area contributed by atoms with Crippen LogP contribution in [0.4, 0.5) is 5.69 Å². The largest absolute Gasteiger partial charge is 0.423 e. The fraction of sp³-hybridized carbons (Fsp3) is 0.120. The summed E-state index contributed by atoms with van der Waals surface area (Å²) >= 11 is 5.90. The number of carbonyl (C=O) groups is 3. The number of nitrogens with zero attached hydrogens (tertiary/aromatic N) is 1. The van der Waals surface area contributed by atoms with Gasteiger partial charge >= 0.3 is 17.8 Å². The molecular formula is C25H22ClN3O4. The van der Waals surface area contributed by atoms with Crippen LogP contribution in [0.25, 0.3) is 0 Å². The first kappa shape index (κ1) is 23.7. The average molecular weight is 464 g/mol. The molecule has 0 aliphatic heterocycles. The zero-order valence-corrected chi connectivity index (χ0v) is 19.1. The van der Waals surface area contributed by atoms with Crippen molar-refractivity contribution in [2.45, 2.75) is 20.8 Å². The standard InChI is InChI=1S/C25H22ClN3O4/c1-15-7-12-22(16(2)13-15)27-23(30)24(31)29-28-17(3)18-8-10-21(11-9-18)33-25(32)19-5-4-6-20(26)14-19/h4-14H,1-3H3,(H,27,30)(H,29,31). The molecule has 0 aromatic heterocycles. The van der Waals surface area contributed by atoms with E-state index in [2.05, 4.69) is 15.8 Å². The summed E-state index contributed by atoms with van der Waals surface area (Å²) < 4.78 is 5.33. The Balaban J connectivity index is 1.58. The van der Waals surface area contributed by atoms with Crippen molar-refractivity contribution in [3.05, 3.63) is 94.0 Å². The Bertz CT molecular complexity index is 1240. The molecule has 0 fully saturated rings. The molecule has 0 bridgehead atoms. The number of rotatable bonds is 5. The number of anilines is 1. The van der Waals surface area contributed by atoms with E-state index < -0.39 is 17.8 Å². The Labute approximate surface area is 196 Å². The van der Waals surface area contributed by atoms with Crippen LogP contribution < -0.4 is 15.5 Å². The van der Waals surface area contributed by atoms with Crippen LogP contribution in [-0.4, -0.2) is 23.5 Å². The van der Waals surface area contributed by atoms with Crippen LogP contribution >= 0.6 is 11.6 Å². The summed E-state index contributed by atoms with van der Waals surface area (Å²) in [7, 11) is 0. The van der Waals surface area contributed by atoms with Crippen LogP contribution in [0.3, 0.4) is 0 Å². The van der Waals surface area contributed by atoms with Gasteiger partial charge in [-0.15, -0.1) is 0 Å². The van der Waals surface area contributed by atoms with E-state index in [4.69, 9.17) is 16.3 Å². The van der Waals surface area contributed by atoms with E-state index in [-0.39, 0.29) is 0 Å². The van der Waals surface area contributed by atoms with E-state index in [1.165, 1.54) is 6.07 Å². The fourth-order valence-corrected chi connectivity index (χ4v) is 3.12. The van der Waals surface area contributed by atoms with Crippen LogP contribution in [0.1, 0.15) is 34.0 Å². The van der Waals surface area contributed by atoms with Crippen molar-refractivity contribution < 1.29 is 19.1 Å². The summed E-state index contributed by atoms with van der Waals surface area (Å²) in [5.41, 5.74) is 6.19. The minimum Gasteiger partial charge on any atom is -0.423 e. The van der Waals surface area contributed by atoms with Crippen molar-refractivity contribution in [2.24, 2.45) is 5.10 Å². The van der Waals surface area contributed by atoms with Gasteiger partial charge in [0.2, 0.25) is 0 Å². The molecule has 3 rings (SSSR count). The molecule has 33 heavy (non-hydrogen) atoms. The average Bonchev–Trinajstić information content (AvgIpc) is 2.79. The van der Waals surface area contributed by atoms with Crippen LogP contribution in [0, 0.1) is 13.8 Å². The van der Waals surface area contributed by atoms with E-state index in [1.807, 2.05) is 26.0 Å². The van der Waals surface area contributed by atoms with Crippen LogP contribution in [-0.2, 0) is 9.59 Å². The fourth-order valence-electron chi connectivity index (χ4n) is 2.93. The number of hydrazone groups is 1. The normalized spacial score (nSPS) is 11.0. The summed E-state index contributed by atoms with van der Waals surface area (Å²) in [6, 6.07) is 18.5. The molecule has 2 N–H and O–H groups in total. The highest BCUT2D eigenvalue weighted by atomic mass is 35.5. The van der Waals surface area contributed by atoms with Gasteiger partial charge in [0.05, 0.1) is 11.3 Å². The van der Waals surface area contributed by atoms with Crippen molar-refractivity contribution in [1.82, 2.24) is 5.43 Å². The molecule has 0 unspecified atom stereocenters. The monoisotopic (exact) mass is 463 g/mol. The number of halogens is 1. The Hall–Kier alpha value is -3.97. The van der Waals surface area contributed by atoms with Gasteiger partial charge in [-0.2, -0.15) is 5.10 Å². The molecule has 2 amide bonds. The van der Waals surface area contributed by atoms with Crippen molar-refractivity contribution in [2.75, 3.05) is 5.32 Å². The van der Waals surface area contributed by atoms with Gasteiger partial charge in [0, 0.05) is 10.7 Å². The molecule has 0 atom stereocenters. The summed E-state index contributed by atoms with van der Waals surface area (Å²) in [5, 5.41) is 6.98. The van der Waals surface area contributed by atoms with Gasteiger partial charge < -0.3 is 10.1 Å². The van der Waals surface area contributed by atoms with E-state index in [0.717, 1.165) is 11.1 Å². The van der Waals surface area contributed by atoms with Gasteiger partial charge in [-0.05, 0) is 80.4 Å². The third-order valence-corrected chi connectivity index (χ3v) is 4.94. The molecule has 0 aliphatic rings. The number of benzene rings is 3. The topological polar surface area (TPSA) is 96.9 Å². The number of hydrogen-bond acceptors (Lipinski definition) is 5. The van der Waals surface area contributed by atoms with Gasteiger partial charge in [0.1, 0.15) is 5.75 Å². The molecular weight excluding hydrogens is 442 g/mol. The second kappa shape index (κ2) is 10.6. The molecule has 0 saturated heterocycles. The highest BCUT2D eigenvalue weighted by Gasteiger charge is 2.14. The number of amides is 2.